The molecule has 2 aromatic rings. The van der Waals surface area contributed by atoms with E-state index in [1.165, 1.54) is 18.4 Å². The Morgan fingerprint density at radius 2 is 2.00 bits per heavy atom. The fourth-order valence-corrected chi connectivity index (χ4v) is 3.09. The van der Waals surface area contributed by atoms with Crippen LogP contribution in [-0.4, -0.2) is 31.8 Å². The molecule has 1 aromatic heterocycles. The predicted octanol–water partition coefficient (Wildman–Crippen LogP) is 2.71. The molecule has 0 saturated heterocycles. The van der Waals surface area contributed by atoms with Crippen molar-refractivity contribution in [2.24, 2.45) is 0 Å². The second-order valence-corrected chi connectivity index (χ2v) is 7.75. The summed E-state index contributed by atoms with van der Waals surface area (Å²) >= 11 is 3.37. The van der Waals surface area contributed by atoms with Crippen molar-refractivity contribution < 1.29 is 8.42 Å². The van der Waals surface area contributed by atoms with Crippen molar-refractivity contribution in [2.75, 3.05) is 19.4 Å². The molecule has 0 unspecified atom stereocenters. The number of hydrogen-bond donors (Lipinski definition) is 1. The van der Waals surface area contributed by atoms with E-state index in [-0.39, 0.29) is 4.90 Å². The number of hydrogen-bond acceptors (Lipinski definition) is 4. The minimum absolute atomic E-state index is 0.268. The predicted molar refractivity (Wildman–Crippen MR) is 86.6 cm³/mol. The Labute approximate surface area is 133 Å². The van der Waals surface area contributed by atoms with E-state index in [4.69, 9.17) is 0 Å². The first-order chi connectivity index (χ1) is 9.89. The van der Waals surface area contributed by atoms with Crippen molar-refractivity contribution in [1.82, 2.24) is 9.29 Å². The topological polar surface area (TPSA) is 62.3 Å². The summed E-state index contributed by atoms with van der Waals surface area (Å²) < 4.78 is 26.3. The van der Waals surface area contributed by atoms with Gasteiger partial charge >= 0.3 is 0 Å². The van der Waals surface area contributed by atoms with Crippen LogP contribution < -0.4 is 5.32 Å². The smallest absolute Gasteiger partial charge is 0.242 e. The number of aromatic nitrogens is 1. The van der Waals surface area contributed by atoms with Gasteiger partial charge in [0, 0.05) is 43.2 Å². The van der Waals surface area contributed by atoms with E-state index in [1.807, 2.05) is 12.1 Å². The molecule has 0 saturated carbocycles. The van der Waals surface area contributed by atoms with Gasteiger partial charge < -0.3 is 5.32 Å². The lowest BCUT2D eigenvalue weighted by atomic mass is 10.2. The van der Waals surface area contributed by atoms with Crippen molar-refractivity contribution in [3.8, 4) is 0 Å². The fourth-order valence-electron chi connectivity index (χ4n) is 1.73. The number of nitrogens with zero attached hydrogens (tertiary/aromatic N) is 2. The molecule has 0 spiro atoms. The molecule has 0 amide bonds. The van der Waals surface area contributed by atoms with Gasteiger partial charge in [-0.1, -0.05) is 6.07 Å². The van der Waals surface area contributed by atoms with Gasteiger partial charge in [-0.3, -0.25) is 4.98 Å². The molecule has 21 heavy (non-hydrogen) atoms. The number of halogens is 1. The van der Waals surface area contributed by atoms with Crippen LogP contribution in [-0.2, 0) is 16.6 Å². The van der Waals surface area contributed by atoms with Crippen LogP contribution in [0.25, 0.3) is 0 Å². The third-order valence-corrected chi connectivity index (χ3v) is 5.12. The molecule has 5 nitrogen and oxygen atoms in total. The standard InChI is InChI=1S/C14H16BrN3O2S/c1-18(2)21(19,20)14-5-3-4-13(7-14)17-9-11-6-12(15)10-16-8-11/h3-8,10,17H,9H2,1-2H3. The summed E-state index contributed by atoms with van der Waals surface area (Å²) in [5.41, 5.74) is 1.75. The Balaban J connectivity index is 2.15. The van der Waals surface area contributed by atoms with Gasteiger partial charge in [0.15, 0.2) is 0 Å². The minimum Gasteiger partial charge on any atom is -0.381 e. The van der Waals surface area contributed by atoms with Crippen molar-refractivity contribution >= 4 is 31.6 Å². The number of rotatable bonds is 5. The Kier molecular flexibility index (Phi) is 4.97. The summed E-state index contributed by atoms with van der Waals surface area (Å²) in [7, 11) is -0.383. The SMILES string of the molecule is CN(C)S(=O)(=O)c1cccc(NCc2cncc(Br)c2)c1. The van der Waals surface area contributed by atoms with Crippen molar-refractivity contribution in [3.63, 3.8) is 0 Å². The number of benzene rings is 1. The summed E-state index contributed by atoms with van der Waals surface area (Å²) in [6.07, 6.45) is 3.48. The number of sulfonamides is 1. The van der Waals surface area contributed by atoms with E-state index < -0.39 is 10.0 Å². The Morgan fingerprint density at radius 3 is 2.67 bits per heavy atom. The fraction of sp³-hybridized carbons (Fsp3) is 0.214. The lowest BCUT2D eigenvalue weighted by molar-refractivity contribution is 0.521. The molecular weight excluding hydrogens is 354 g/mol. The molecule has 0 radical (unpaired) electrons. The highest BCUT2D eigenvalue weighted by Gasteiger charge is 2.17. The van der Waals surface area contributed by atoms with Crippen LogP contribution in [0.1, 0.15) is 5.56 Å². The van der Waals surface area contributed by atoms with Crippen molar-refractivity contribution in [1.29, 1.82) is 0 Å². The van der Waals surface area contributed by atoms with E-state index in [0.29, 0.717) is 6.54 Å². The van der Waals surface area contributed by atoms with E-state index in [1.54, 1.807) is 30.6 Å². The molecule has 1 N–H and O–H groups in total. The van der Waals surface area contributed by atoms with Gasteiger partial charge in [0.2, 0.25) is 10.0 Å². The van der Waals surface area contributed by atoms with Gasteiger partial charge in [-0.15, -0.1) is 0 Å². The summed E-state index contributed by atoms with van der Waals surface area (Å²) in [6, 6.07) is 8.72. The first kappa shape index (κ1) is 15.9. The van der Waals surface area contributed by atoms with E-state index >= 15 is 0 Å². The Morgan fingerprint density at radius 1 is 1.24 bits per heavy atom. The van der Waals surface area contributed by atoms with Gasteiger partial charge in [0.25, 0.3) is 0 Å². The van der Waals surface area contributed by atoms with Gasteiger partial charge in [0.05, 0.1) is 4.90 Å². The van der Waals surface area contributed by atoms with Crippen LogP contribution in [0.2, 0.25) is 0 Å². The van der Waals surface area contributed by atoms with Crippen LogP contribution in [0, 0.1) is 0 Å². The molecule has 1 aromatic carbocycles. The maximum absolute atomic E-state index is 12.1. The minimum atomic E-state index is -3.42. The first-order valence-electron chi connectivity index (χ1n) is 6.25. The molecule has 7 heteroatoms. The monoisotopic (exact) mass is 369 g/mol. The lowest BCUT2D eigenvalue weighted by Gasteiger charge is -2.13. The average molecular weight is 370 g/mol. The van der Waals surface area contributed by atoms with Crippen LogP contribution in [0.15, 0.2) is 52.1 Å². The first-order valence-corrected chi connectivity index (χ1v) is 8.49. The van der Waals surface area contributed by atoms with Gasteiger partial charge in [0.1, 0.15) is 0 Å². The van der Waals surface area contributed by atoms with E-state index in [2.05, 4.69) is 26.2 Å². The van der Waals surface area contributed by atoms with E-state index in [0.717, 1.165) is 15.7 Å². The summed E-state index contributed by atoms with van der Waals surface area (Å²) in [5.74, 6) is 0. The average Bonchev–Trinajstić information content (AvgIpc) is 2.45. The molecule has 0 bridgehead atoms. The zero-order valence-corrected chi connectivity index (χ0v) is 14.1. The van der Waals surface area contributed by atoms with Crippen LogP contribution in [0.4, 0.5) is 5.69 Å². The third kappa shape index (κ3) is 4.03. The highest BCUT2D eigenvalue weighted by molar-refractivity contribution is 9.10. The molecule has 0 aliphatic heterocycles. The molecule has 0 fully saturated rings. The summed E-state index contributed by atoms with van der Waals surface area (Å²) in [6.45, 7) is 0.567. The highest BCUT2D eigenvalue weighted by atomic mass is 79.9. The summed E-state index contributed by atoms with van der Waals surface area (Å²) in [4.78, 5) is 4.36. The zero-order valence-electron chi connectivity index (χ0n) is 11.7. The highest BCUT2D eigenvalue weighted by Crippen LogP contribution is 2.19. The van der Waals surface area contributed by atoms with E-state index in [9.17, 15) is 8.42 Å². The van der Waals surface area contributed by atoms with Gasteiger partial charge in [-0.25, -0.2) is 12.7 Å². The molecule has 0 aliphatic rings. The summed E-state index contributed by atoms with van der Waals surface area (Å²) in [5, 5.41) is 3.20. The van der Waals surface area contributed by atoms with Gasteiger partial charge in [-0.2, -0.15) is 0 Å². The third-order valence-electron chi connectivity index (χ3n) is 2.87. The molecule has 112 valence electrons. The molecule has 2 rings (SSSR count). The largest absolute Gasteiger partial charge is 0.381 e. The number of pyridine rings is 1. The normalized spacial score (nSPS) is 11.6. The molecule has 0 aliphatic carbocycles. The maximum atomic E-state index is 12.1. The molecule has 0 atom stereocenters. The van der Waals surface area contributed by atoms with Crippen molar-refractivity contribution in [2.45, 2.75) is 11.4 Å². The van der Waals surface area contributed by atoms with Gasteiger partial charge in [-0.05, 0) is 45.8 Å². The lowest BCUT2D eigenvalue weighted by Crippen LogP contribution is -2.22. The molecular formula is C14H16BrN3O2S. The maximum Gasteiger partial charge on any atom is 0.242 e. The number of nitrogens with one attached hydrogen (secondary N) is 1. The second kappa shape index (κ2) is 6.55. The number of anilines is 1. The van der Waals surface area contributed by atoms with Crippen molar-refractivity contribution in [3.05, 3.63) is 52.8 Å². The quantitative estimate of drug-likeness (QED) is 0.879. The molecule has 1 heterocycles. The van der Waals surface area contributed by atoms with Crippen LogP contribution >= 0.6 is 15.9 Å². The second-order valence-electron chi connectivity index (χ2n) is 4.68. The van der Waals surface area contributed by atoms with Crippen LogP contribution in [0.5, 0.6) is 0 Å². The Hall–Kier alpha value is -1.44. The van der Waals surface area contributed by atoms with Crippen LogP contribution in [0.3, 0.4) is 0 Å². The zero-order chi connectivity index (χ0) is 15.5. The Bertz CT molecular complexity index is 733.